The Balaban J connectivity index is 1.90. The van der Waals surface area contributed by atoms with E-state index in [1.54, 1.807) is 19.3 Å². The topological polar surface area (TPSA) is 66.5 Å². The highest BCUT2D eigenvalue weighted by molar-refractivity contribution is 9.10. The van der Waals surface area contributed by atoms with E-state index in [0.717, 1.165) is 10.0 Å². The highest BCUT2D eigenvalue weighted by atomic mass is 79.9. The van der Waals surface area contributed by atoms with Crippen molar-refractivity contribution in [2.45, 2.75) is 12.5 Å². The van der Waals surface area contributed by atoms with Gasteiger partial charge in [-0.2, -0.15) is 0 Å². The Kier molecular flexibility index (Phi) is 5.05. The van der Waals surface area contributed by atoms with E-state index in [2.05, 4.69) is 21.2 Å². The summed E-state index contributed by atoms with van der Waals surface area (Å²) < 4.78 is 23.8. The Bertz CT molecular complexity index is 658. The first kappa shape index (κ1) is 16.0. The van der Waals surface area contributed by atoms with E-state index in [9.17, 15) is 13.2 Å². The molecule has 0 spiro atoms. The summed E-state index contributed by atoms with van der Waals surface area (Å²) in [6.07, 6.45) is 3.84. The first-order valence-electron chi connectivity index (χ1n) is 6.53. The summed E-state index contributed by atoms with van der Waals surface area (Å²) in [7, 11) is -1.37. The predicted molar refractivity (Wildman–Crippen MR) is 86.5 cm³/mol. The smallest absolute Gasteiger partial charge is 0.321 e. The van der Waals surface area contributed by atoms with Crippen LogP contribution in [0.3, 0.4) is 0 Å². The fourth-order valence-corrected chi connectivity index (χ4v) is 4.36. The molecule has 1 heterocycles. The molecular formula is C14H17BrN2O3S. The fourth-order valence-electron chi connectivity index (χ4n) is 2.17. The molecule has 1 N–H and O–H groups in total. The van der Waals surface area contributed by atoms with Crippen LogP contribution in [0.1, 0.15) is 12.0 Å². The number of hydrogen-bond acceptors (Lipinski definition) is 3. The zero-order valence-electron chi connectivity index (χ0n) is 11.6. The minimum absolute atomic E-state index is 0.0479. The van der Waals surface area contributed by atoms with Gasteiger partial charge in [0.2, 0.25) is 0 Å². The summed E-state index contributed by atoms with van der Waals surface area (Å²) in [5.74, 6) is 0.204. The van der Waals surface area contributed by atoms with Crippen molar-refractivity contribution >= 4 is 37.9 Å². The number of halogens is 1. The third kappa shape index (κ3) is 4.57. The Hall–Kier alpha value is -1.34. The van der Waals surface area contributed by atoms with E-state index >= 15 is 0 Å². The van der Waals surface area contributed by atoms with Crippen molar-refractivity contribution < 1.29 is 13.2 Å². The molecule has 1 aliphatic rings. The van der Waals surface area contributed by atoms with Crippen molar-refractivity contribution in [3.8, 4) is 0 Å². The number of carbonyl (C=O) groups is 1. The molecule has 5 nitrogen and oxygen atoms in total. The number of sulfone groups is 1. The van der Waals surface area contributed by atoms with Crippen LogP contribution in [0.25, 0.3) is 6.08 Å². The van der Waals surface area contributed by atoms with Gasteiger partial charge in [-0.25, -0.2) is 13.2 Å². The molecule has 0 aromatic heterocycles. The normalized spacial score (nSPS) is 20.6. The summed E-state index contributed by atoms with van der Waals surface area (Å²) >= 11 is 3.38. The van der Waals surface area contributed by atoms with Crippen LogP contribution in [-0.4, -0.2) is 43.9 Å². The Morgan fingerprint density at radius 1 is 1.48 bits per heavy atom. The molecule has 7 heteroatoms. The van der Waals surface area contributed by atoms with Crippen molar-refractivity contribution in [3.05, 3.63) is 40.5 Å². The maximum Gasteiger partial charge on any atom is 0.321 e. The van der Waals surface area contributed by atoms with Gasteiger partial charge in [-0.05, 0) is 30.2 Å². The molecule has 21 heavy (non-hydrogen) atoms. The molecule has 2 amide bonds. The van der Waals surface area contributed by atoms with Gasteiger partial charge in [0.15, 0.2) is 9.84 Å². The minimum Gasteiger partial charge on any atom is -0.324 e. The van der Waals surface area contributed by atoms with Crippen LogP contribution in [0.15, 0.2) is 34.9 Å². The molecule has 1 aromatic rings. The number of benzene rings is 1. The van der Waals surface area contributed by atoms with Gasteiger partial charge in [0.1, 0.15) is 0 Å². The standard InChI is InChI=1S/C14H17BrN2O3S/c1-17(13-6-8-21(19,20)10-13)14(18)16-7-5-11-3-2-4-12(15)9-11/h2-5,7,9,13H,6,8,10H2,1H3,(H,16,18)/b7-5+. The molecule has 1 saturated heterocycles. The summed E-state index contributed by atoms with van der Waals surface area (Å²) in [4.78, 5) is 13.4. The second-order valence-corrected chi connectivity index (χ2v) is 8.15. The van der Waals surface area contributed by atoms with Gasteiger partial charge in [-0.3, -0.25) is 0 Å². The largest absolute Gasteiger partial charge is 0.324 e. The van der Waals surface area contributed by atoms with Gasteiger partial charge in [0, 0.05) is 23.8 Å². The van der Waals surface area contributed by atoms with Crippen LogP contribution in [0.2, 0.25) is 0 Å². The van der Waals surface area contributed by atoms with Gasteiger partial charge in [-0.1, -0.05) is 28.1 Å². The zero-order chi connectivity index (χ0) is 15.5. The Morgan fingerprint density at radius 2 is 2.24 bits per heavy atom. The molecule has 1 aliphatic heterocycles. The maximum atomic E-state index is 12.0. The van der Waals surface area contributed by atoms with Crippen LogP contribution in [0.4, 0.5) is 4.79 Å². The molecule has 1 fully saturated rings. The number of amides is 2. The summed E-state index contributed by atoms with van der Waals surface area (Å²) in [6.45, 7) is 0. The van der Waals surface area contributed by atoms with Crippen LogP contribution in [-0.2, 0) is 9.84 Å². The average molecular weight is 373 g/mol. The first-order valence-corrected chi connectivity index (χ1v) is 9.15. The molecule has 0 aliphatic carbocycles. The Morgan fingerprint density at radius 3 is 2.86 bits per heavy atom. The first-order chi connectivity index (χ1) is 9.87. The van der Waals surface area contributed by atoms with Gasteiger partial charge in [0.25, 0.3) is 0 Å². The van der Waals surface area contributed by atoms with E-state index in [1.807, 2.05) is 24.3 Å². The molecule has 0 radical (unpaired) electrons. The molecule has 1 unspecified atom stereocenters. The number of rotatable bonds is 3. The van der Waals surface area contributed by atoms with Crippen LogP contribution < -0.4 is 5.32 Å². The van der Waals surface area contributed by atoms with E-state index in [4.69, 9.17) is 0 Å². The summed E-state index contributed by atoms with van der Waals surface area (Å²) in [5, 5.41) is 2.65. The highest BCUT2D eigenvalue weighted by Gasteiger charge is 2.32. The maximum absolute atomic E-state index is 12.0. The lowest BCUT2D eigenvalue weighted by Gasteiger charge is -2.22. The average Bonchev–Trinajstić information content (AvgIpc) is 2.78. The molecule has 114 valence electrons. The van der Waals surface area contributed by atoms with E-state index < -0.39 is 9.84 Å². The van der Waals surface area contributed by atoms with Crippen molar-refractivity contribution in [3.63, 3.8) is 0 Å². The van der Waals surface area contributed by atoms with Crippen LogP contribution >= 0.6 is 15.9 Å². The van der Waals surface area contributed by atoms with Gasteiger partial charge in [0.05, 0.1) is 11.5 Å². The van der Waals surface area contributed by atoms with Gasteiger partial charge < -0.3 is 10.2 Å². The number of carbonyl (C=O) groups excluding carboxylic acids is 1. The van der Waals surface area contributed by atoms with Crippen molar-refractivity contribution in [1.29, 1.82) is 0 Å². The molecule has 2 rings (SSSR count). The number of hydrogen-bond donors (Lipinski definition) is 1. The SMILES string of the molecule is CN(C(=O)N/C=C/c1cccc(Br)c1)C1CCS(=O)(=O)C1. The lowest BCUT2D eigenvalue weighted by Crippen LogP contribution is -2.42. The molecule has 1 atom stereocenters. The monoisotopic (exact) mass is 372 g/mol. The zero-order valence-corrected chi connectivity index (χ0v) is 14.0. The second-order valence-electron chi connectivity index (χ2n) is 5.01. The summed E-state index contributed by atoms with van der Waals surface area (Å²) in [5.41, 5.74) is 0.954. The molecule has 0 bridgehead atoms. The number of urea groups is 1. The quantitative estimate of drug-likeness (QED) is 0.884. The lowest BCUT2D eigenvalue weighted by molar-refractivity contribution is 0.199. The second kappa shape index (κ2) is 6.62. The summed E-state index contributed by atoms with van der Waals surface area (Å²) in [6, 6.07) is 7.12. The predicted octanol–water partition coefficient (Wildman–Crippen LogP) is 2.25. The van der Waals surface area contributed by atoms with Crippen molar-refractivity contribution in [2.24, 2.45) is 0 Å². The number of nitrogens with zero attached hydrogens (tertiary/aromatic N) is 1. The number of nitrogens with one attached hydrogen (secondary N) is 1. The Labute approximate surface area is 133 Å². The van der Waals surface area contributed by atoms with Crippen molar-refractivity contribution in [1.82, 2.24) is 10.2 Å². The molecule has 0 saturated carbocycles. The van der Waals surface area contributed by atoms with Crippen LogP contribution in [0, 0.1) is 0 Å². The van der Waals surface area contributed by atoms with E-state index in [1.165, 1.54) is 4.90 Å². The van der Waals surface area contributed by atoms with Gasteiger partial charge >= 0.3 is 6.03 Å². The lowest BCUT2D eigenvalue weighted by atomic mass is 10.2. The third-order valence-corrected chi connectivity index (χ3v) is 5.65. The van der Waals surface area contributed by atoms with Crippen molar-refractivity contribution in [2.75, 3.05) is 18.6 Å². The highest BCUT2D eigenvalue weighted by Crippen LogP contribution is 2.16. The van der Waals surface area contributed by atoms with E-state index in [0.29, 0.717) is 6.42 Å². The minimum atomic E-state index is -2.99. The van der Waals surface area contributed by atoms with Crippen LogP contribution in [0.5, 0.6) is 0 Å². The van der Waals surface area contributed by atoms with Gasteiger partial charge in [-0.15, -0.1) is 0 Å². The van der Waals surface area contributed by atoms with E-state index in [-0.39, 0.29) is 23.6 Å². The molecular weight excluding hydrogens is 356 g/mol. The third-order valence-electron chi connectivity index (χ3n) is 3.41. The molecule has 1 aromatic carbocycles. The fraction of sp³-hybridized carbons (Fsp3) is 0.357.